The number of hydrogen-bond acceptors (Lipinski definition) is 3. The van der Waals surface area contributed by atoms with Gasteiger partial charge in [-0.05, 0) is 59.3 Å². The third-order valence-corrected chi connectivity index (χ3v) is 10.5. The van der Waals surface area contributed by atoms with Crippen LogP contribution < -0.4 is 0 Å². The zero-order valence-corrected chi connectivity index (χ0v) is 30.6. The zero-order valence-electron chi connectivity index (χ0n) is 29.7. The summed E-state index contributed by atoms with van der Waals surface area (Å²) in [4.78, 5) is 11.3. The first-order chi connectivity index (χ1) is 26.7. The maximum absolute atomic E-state index is 5.22. The van der Waals surface area contributed by atoms with Crippen molar-refractivity contribution in [3.05, 3.63) is 205 Å². The van der Waals surface area contributed by atoms with Crippen LogP contribution in [0.25, 0.3) is 78.0 Å². The fourth-order valence-electron chi connectivity index (χ4n) is 7.01. The molecule has 0 radical (unpaired) electrons. The minimum atomic E-state index is 0.939. The third kappa shape index (κ3) is 6.42. The first kappa shape index (κ1) is 33.0. The summed E-state index contributed by atoms with van der Waals surface area (Å²) in [5.41, 5.74) is 15.5. The van der Waals surface area contributed by atoms with E-state index in [1.807, 2.05) is 24.3 Å². The summed E-state index contributed by atoms with van der Waals surface area (Å²) in [5.74, 6) is 0. The van der Waals surface area contributed by atoms with Gasteiger partial charge in [-0.2, -0.15) is 0 Å². The molecule has 0 unspecified atom stereocenters. The first-order valence-electron chi connectivity index (χ1n) is 18.1. The number of aryl methyl sites for hydroxylation is 1. The van der Waals surface area contributed by atoms with E-state index >= 15 is 0 Å². The van der Waals surface area contributed by atoms with Gasteiger partial charge in [-0.3, -0.25) is 8.80 Å². The van der Waals surface area contributed by atoms with Crippen LogP contribution in [0.15, 0.2) is 200 Å². The minimum Gasteiger partial charge on any atom is -0.298 e. The van der Waals surface area contributed by atoms with Gasteiger partial charge in [0.25, 0.3) is 0 Å². The second-order valence-electron chi connectivity index (χ2n) is 13.2. The Morgan fingerprint density at radius 2 is 0.981 bits per heavy atom. The highest BCUT2D eigenvalue weighted by Crippen LogP contribution is 2.39. The van der Waals surface area contributed by atoms with E-state index in [1.165, 1.54) is 21.7 Å². The molecule has 5 aromatic heterocycles. The molecule has 0 aliphatic carbocycles. The van der Waals surface area contributed by atoms with Gasteiger partial charge in [0.05, 0.1) is 33.3 Å². The normalized spacial score (nSPS) is 11.1. The number of nitrogens with zero attached hydrogens (tertiary/aromatic N) is 4. The maximum Gasteiger partial charge on any atom is 0.139 e. The second-order valence-corrected chi connectivity index (χ2v) is 14.1. The molecule has 0 atom stereocenters. The molecule has 5 heteroatoms. The molecule has 0 saturated carbocycles. The van der Waals surface area contributed by atoms with Crippen LogP contribution in [0, 0.1) is 6.92 Å². The number of thiophene rings is 1. The highest BCUT2D eigenvalue weighted by atomic mass is 32.1. The fraction of sp³-hybridized carbons (Fsp3) is 0.0204. The first-order valence-corrected chi connectivity index (χ1v) is 19.0. The van der Waals surface area contributed by atoms with Crippen molar-refractivity contribution in [2.75, 3.05) is 0 Å². The Morgan fingerprint density at radius 3 is 1.63 bits per heavy atom. The lowest BCUT2D eigenvalue weighted by molar-refractivity contribution is 1.20. The molecule has 10 rings (SSSR count). The molecule has 5 aromatic carbocycles. The van der Waals surface area contributed by atoms with Gasteiger partial charge in [0.1, 0.15) is 11.3 Å². The highest BCUT2D eigenvalue weighted by molar-refractivity contribution is 7.13. The van der Waals surface area contributed by atoms with Crippen LogP contribution in [0.2, 0.25) is 0 Å². The van der Waals surface area contributed by atoms with Gasteiger partial charge in [-0.1, -0.05) is 163 Å². The van der Waals surface area contributed by atoms with Crippen LogP contribution in [0.5, 0.6) is 0 Å². The summed E-state index contributed by atoms with van der Waals surface area (Å²) in [6.07, 6.45) is 2.07. The minimum absolute atomic E-state index is 0.939. The van der Waals surface area contributed by atoms with E-state index in [0.29, 0.717) is 0 Å². The van der Waals surface area contributed by atoms with E-state index in [2.05, 4.69) is 191 Å². The van der Waals surface area contributed by atoms with Gasteiger partial charge in [0, 0.05) is 22.9 Å². The topological polar surface area (TPSA) is 34.6 Å². The van der Waals surface area contributed by atoms with Crippen molar-refractivity contribution in [3.8, 4) is 66.7 Å². The van der Waals surface area contributed by atoms with Crippen LogP contribution in [0.1, 0.15) is 5.56 Å². The molecule has 4 nitrogen and oxygen atoms in total. The predicted molar refractivity (Wildman–Crippen MR) is 226 cm³/mol. The largest absolute Gasteiger partial charge is 0.298 e. The lowest BCUT2D eigenvalue weighted by Crippen LogP contribution is -1.96. The van der Waals surface area contributed by atoms with Gasteiger partial charge in [0.2, 0.25) is 0 Å². The predicted octanol–water partition coefficient (Wildman–Crippen LogP) is 13.0. The Bertz CT molecular complexity index is 2790. The fourth-order valence-corrected chi connectivity index (χ4v) is 7.77. The molecular formula is C49H36N4S. The molecule has 0 N–H and O–H groups in total. The Balaban J connectivity index is 0.000000163. The Hall–Kier alpha value is -6.82. The van der Waals surface area contributed by atoms with Crippen molar-refractivity contribution in [2.24, 2.45) is 0 Å². The van der Waals surface area contributed by atoms with Gasteiger partial charge in [0.15, 0.2) is 0 Å². The molecule has 0 amide bonds. The van der Waals surface area contributed by atoms with Gasteiger partial charge < -0.3 is 0 Å². The quantitative estimate of drug-likeness (QED) is 0.172. The molecule has 0 saturated heterocycles. The Kier molecular flexibility index (Phi) is 8.97. The SMILES string of the molecule is Cc1ccc(-c2nc3cc(-c4ccccc4)cc(-c4ccccc4)n3c2-c2ccccc2)cc1.c1ccc(-c2nc3ccccn3c2-c2cccs2)cc1. The Morgan fingerprint density at radius 1 is 0.426 bits per heavy atom. The number of aromatic nitrogens is 4. The zero-order chi connectivity index (χ0) is 36.3. The lowest BCUT2D eigenvalue weighted by Gasteiger charge is -2.13. The molecule has 0 fully saturated rings. The second kappa shape index (κ2) is 14.7. The number of benzene rings is 5. The van der Waals surface area contributed by atoms with Gasteiger partial charge in [-0.15, -0.1) is 11.3 Å². The van der Waals surface area contributed by atoms with Crippen molar-refractivity contribution in [1.29, 1.82) is 0 Å². The smallest absolute Gasteiger partial charge is 0.139 e. The number of imidazole rings is 2. The molecule has 10 aromatic rings. The summed E-state index contributed by atoms with van der Waals surface area (Å²) in [6.45, 7) is 2.12. The summed E-state index contributed by atoms with van der Waals surface area (Å²) in [6, 6.07) is 65.5. The van der Waals surface area contributed by atoms with Gasteiger partial charge in [-0.25, -0.2) is 9.97 Å². The average Bonchev–Trinajstić information content (AvgIpc) is 4.00. The lowest BCUT2D eigenvalue weighted by atomic mass is 10.0. The van der Waals surface area contributed by atoms with Crippen LogP contribution in [0.3, 0.4) is 0 Å². The molecule has 0 bridgehead atoms. The number of hydrogen-bond donors (Lipinski definition) is 0. The number of fused-ring (bicyclic) bond motifs is 2. The number of rotatable bonds is 6. The summed E-state index contributed by atoms with van der Waals surface area (Å²) < 4.78 is 4.47. The van der Waals surface area contributed by atoms with Crippen molar-refractivity contribution < 1.29 is 0 Å². The maximum atomic E-state index is 5.22. The van der Waals surface area contributed by atoms with E-state index < -0.39 is 0 Å². The van der Waals surface area contributed by atoms with Crippen molar-refractivity contribution in [2.45, 2.75) is 6.92 Å². The summed E-state index contributed by atoms with van der Waals surface area (Å²) >= 11 is 1.74. The van der Waals surface area contributed by atoms with Crippen molar-refractivity contribution >= 4 is 22.6 Å². The van der Waals surface area contributed by atoms with Crippen LogP contribution in [0.4, 0.5) is 0 Å². The highest BCUT2D eigenvalue weighted by Gasteiger charge is 2.20. The van der Waals surface area contributed by atoms with E-state index in [0.717, 1.165) is 61.9 Å². The molecular weight excluding hydrogens is 677 g/mol. The molecule has 54 heavy (non-hydrogen) atoms. The molecule has 5 heterocycles. The molecule has 0 aliphatic rings. The van der Waals surface area contributed by atoms with E-state index in [9.17, 15) is 0 Å². The molecule has 0 spiro atoms. The molecule has 0 aliphatic heterocycles. The number of pyridine rings is 2. The summed E-state index contributed by atoms with van der Waals surface area (Å²) in [5, 5.41) is 2.10. The van der Waals surface area contributed by atoms with Crippen LogP contribution >= 0.6 is 11.3 Å². The van der Waals surface area contributed by atoms with Crippen LogP contribution in [-0.2, 0) is 0 Å². The average molecular weight is 713 g/mol. The van der Waals surface area contributed by atoms with Gasteiger partial charge >= 0.3 is 0 Å². The van der Waals surface area contributed by atoms with Crippen molar-refractivity contribution in [1.82, 2.24) is 18.8 Å². The summed E-state index contributed by atoms with van der Waals surface area (Å²) in [7, 11) is 0. The van der Waals surface area contributed by atoms with E-state index in [4.69, 9.17) is 9.97 Å². The van der Waals surface area contributed by atoms with E-state index in [-0.39, 0.29) is 0 Å². The van der Waals surface area contributed by atoms with Crippen molar-refractivity contribution in [3.63, 3.8) is 0 Å². The van der Waals surface area contributed by atoms with E-state index in [1.54, 1.807) is 11.3 Å². The molecule has 258 valence electrons. The monoisotopic (exact) mass is 712 g/mol. The Labute approximate surface area is 319 Å². The van der Waals surface area contributed by atoms with Crippen LogP contribution in [-0.4, -0.2) is 18.8 Å². The standard InChI is InChI=1S/C32H24N2.C17H12N2S/c1-23-17-19-26(20-18-23)31-32(27-15-9-4-10-16-27)34-29(25-13-7-3-8-14-25)21-28(22-30(34)33-31)24-11-5-2-6-12-24;1-2-7-13(8-3-1)16-17(14-9-6-12-20-14)19-11-5-4-10-15(19)18-16/h2-22H,1H3;1-12H. The third-order valence-electron chi connectivity index (χ3n) is 9.60.